The van der Waals surface area contributed by atoms with Crippen LogP contribution in [-0.4, -0.2) is 27.7 Å². The highest BCUT2D eigenvalue weighted by Gasteiger charge is 2.26. The zero-order valence-corrected chi connectivity index (χ0v) is 13.7. The predicted octanol–water partition coefficient (Wildman–Crippen LogP) is 3.21. The van der Waals surface area contributed by atoms with Crippen LogP contribution in [-0.2, 0) is 14.8 Å². The van der Waals surface area contributed by atoms with E-state index >= 15 is 0 Å². The standard InChI is InChI=1S/C11H12BrCl2NO3S/c12-7-4-9(13)11(10(14)5-7)19(16,17)15-8-2-1-3-18-6-8/h4-5,8,15H,1-3,6H2. The molecule has 0 aromatic heterocycles. The minimum absolute atomic E-state index is 0.0867. The highest BCUT2D eigenvalue weighted by atomic mass is 79.9. The number of nitrogens with one attached hydrogen (secondary N) is 1. The zero-order valence-electron chi connectivity index (χ0n) is 9.83. The third kappa shape index (κ3) is 3.83. The SMILES string of the molecule is O=S(=O)(NC1CCCOC1)c1c(Cl)cc(Br)cc1Cl. The molecule has 1 aliphatic rings. The van der Waals surface area contributed by atoms with Crippen molar-refractivity contribution < 1.29 is 13.2 Å². The molecule has 0 radical (unpaired) electrons. The highest BCUT2D eigenvalue weighted by Crippen LogP contribution is 2.33. The van der Waals surface area contributed by atoms with Gasteiger partial charge in [0.1, 0.15) is 4.90 Å². The van der Waals surface area contributed by atoms with Crippen molar-refractivity contribution in [2.45, 2.75) is 23.8 Å². The third-order valence-corrected chi connectivity index (χ3v) is 5.61. The minimum Gasteiger partial charge on any atom is -0.380 e. The van der Waals surface area contributed by atoms with E-state index in [-0.39, 0.29) is 21.0 Å². The van der Waals surface area contributed by atoms with E-state index in [4.69, 9.17) is 27.9 Å². The third-order valence-electron chi connectivity index (χ3n) is 2.71. The normalized spacial score (nSPS) is 20.5. The lowest BCUT2D eigenvalue weighted by Gasteiger charge is -2.23. The lowest BCUT2D eigenvalue weighted by atomic mass is 10.1. The van der Waals surface area contributed by atoms with Crippen molar-refractivity contribution in [3.63, 3.8) is 0 Å². The second-order valence-corrected chi connectivity index (χ2v) is 7.61. The van der Waals surface area contributed by atoms with E-state index in [1.165, 1.54) is 12.1 Å². The molecule has 1 aromatic carbocycles. The molecule has 1 heterocycles. The first-order valence-electron chi connectivity index (χ1n) is 5.65. The van der Waals surface area contributed by atoms with Crippen LogP contribution in [0.4, 0.5) is 0 Å². The fourth-order valence-electron chi connectivity index (χ4n) is 1.90. The van der Waals surface area contributed by atoms with Crippen molar-refractivity contribution in [3.05, 3.63) is 26.7 Å². The van der Waals surface area contributed by atoms with Crippen molar-refractivity contribution in [2.24, 2.45) is 0 Å². The summed E-state index contributed by atoms with van der Waals surface area (Å²) in [5, 5.41) is 0.173. The van der Waals surface area contributed by atoms with Crippen LogP contribution in [0, 0.1) is 0 Å². The van der Waals surface area contributed by atoms with Crippen molar-refractivity contribution in [2.75, 3.05) is 13.2 Å². The van der Waals surface area contributed by atoms with Gasteiger partial charge in [0.05, 0.1) is 16.7 Å². The van der Waals surface area contributed by atoms with Gasteiger partial charge in [-0.05, 0) is 25.0 Å². The summed E-state index contributed by atoms with van der Waals surface area (Å²) in [6.07, 6.45) is 1.57. The van der Waals surface area contributed by atoms with Crippen LogP contribution in [0.5, 0.6) is 0 Å². The van der Waals surface area contributed by atoms with E-state index in [1.807, 2.05) is 0 Å². The first-order chi connectivity index (χ1) is 8.90. The summed E-state index contributed by atoms with van der Waals surface area (Å²) in [5.41, 5.74) is 0. The molecule has 19 heavy (non-hydrogen) atoms. The molecule has 0 bridgehead atoms. The van der Waals surface area contributed by atoms with Gasteiger partial charge in [0.25, 0.3) is 0 Å². The zero-order chi connectivity index (χ0) is 14.0. The maximum absolute atomic E-state index is 12.3. The molecule has 0 saturated carbocycles. The first-order valence-corrected chi connectivity index (χ1v) is 8.68. The van der Waals surface area contributed by atoms with Gasteiger partial charge in [-0.25, -0.2) is 13.1 Å². The molecule has 106 valence electrons. The Bertz CT molecular complexity index is 550. The number of hydrogen-bond acceptors (Lipinski definition) is 3. The smallest absolute Gasteiger partial charge is 0.243 e. The van der Waals surface area contributed by atoms with E-state index in [0.717, 1.165) is 12.8 Å². The predicted molar refractivity (Wildman–Crippen MR) is 78.3 cm³/mol. The van der Waals surface area contributed by atoms with Gasteiger partial charge in [0, 0.05) is 17.1 Å². The summed E-state index contributed by atoms with van der Waals surface area (Å²) >= 11 is 15.2. The Morgan fingerprint density at radius 3 is 2.47 bits per heavy atom. The van der Waals surface area contributed by atoms with Gasteiger partial charge in [-0.3, -0.25) is 0 Å². The van der Waals surface area contributed by atoms with Crippen LogP contribution in [0.25, 0.3) is 0 Å². The highest BCUT2D eigenvalue weighted by molar-refractivity contribution is 9.10. The van der Waals surface area contributed by atoms with Crippen LogP contribution >= 0.6 is 39.1 Å². The van der Waals surface area contributed by atoms with Crippen LogP contribution in [0.15, 0.2) is 21.5 Å². The Hall–Kier alpha value is 0.150. The molecule has 0 aliphatic carbocycles. The van der Waals surface area contributed by atoms with E-state index in [1.54, 1.807) is 0 Å². The van der Waals surface area contributed by atoms with E-state index < -0.39 is 10.0 Å². The maximum atomic E-state index is 12.3. The number of sulfonamides is 1. The summed E-state index contributed by atoms with van der Waals surface area (Å²) in [6, 6.07) is 2.76. The van der Waals surface area contributed by atoms with Gasteiger partial charge >= 0.3 is 0 Å². The lowest BCUT2D eigenvalue weighted by molar-refractivity contribution is 0.0774. The molecule has 1 atom stereocenters. The summed E-state index contributed by atoms with van der Waals surface area (Å²) in [4.78, 5) is -0.0930. The molecule has 2 rings (SSSR count). The fourth-order valence-corrected chi connectivity index (χ4v) is 5.09. The molecule has 1 unspecified atom stereocenters. The minimum atomic E-state index is -3.75. The summed E-state index contributed by atoms with van der Waals surface area (Å²) in [7, 11) is -3.75. The molecule has 1 aliphatic heterocycles. The van der Waals surface area contributed by atoms with Crippen molar-refractivity contribution in [3.8, 4) is 0 Å². The van der Waals surface area contributed by atoms with Crippen LogP contribution in [0.1, 0.15) is 12.8 Å². The molecule has 0 amide bonds. The van der Waals surface area contributed by atoms with Crippen LogP contribution in [0.3, 0.4) is 0 Å². The van der Waals surface area contributed by atoms with Gasteiger partial charge in [-0.2, -0.15) is 0 Å². The topological polar surface area (TPSA) is 55.4 Å². The second kappa shape index (κ2) is 6.28. The first kappa shape index (κ1) is 15.5. The van der Waals surface area contributed by atoms with Crippen molar-refractivity contribution in [1.82, 2.24) is 4.72 Å². The largest absolute Gasteiger partial charge is 0.380 e. The summed E-state index contributed by atoms with van der Waals surface area (Å²) in [5.74, 6) is 0. The monoisotopic (exact) mass is 387 g/mol. The number of hydrogen-bond donors (Lipinski definition) is 1. The molecule has 0 spiro atoms. The second-order valence-electron chi connectivity index (χ2n) is 4.23. The molecule has 1 saturated heterocycles. The molecular formula is C11H12BrCl2NO3S. The van der Waals surface area contributed by atoms with Gasteiger partial charge in [0.15, 0.2) is 0 Å². The average molecular weight is 389 g/mol. The van der Waals surface area contributed by atoms with Gasteiger partial charge < -0.3 is 4.74 Å². The van der Waals surface area contributed by atoms with Crippen molar-refractivity contribution >= 4 is 49.2 Å². The average Bonchev–Trinajstić information content (AvgIpc) is 2.27. The Morgan fingerprint density at radius 2 is 1.95 bits per heavy atom. The Labute approximate surface area is 130 Å². The van der Waals surface area contributed by atoms with Gasteiger partial charge in [-0.1, -0.05) is 39.1 Å². The van der Waals surface area contributed by atoms with E-state index in [2.05, 4.69) is 20.7 Å². The van der Waals surface area contributed by atoms with Gasteiger partial charge in [-0.15, -0.1) is 0 Å². The Morgan fingerprint density at radius 1 is 1.32 bits per heavy atom. The number of rotatable bonds is 3. The lowest BCUT2D eigenvalue weighted by Crippen LogP contribution is -2.40. The molecule has 1 fully saturated rings. The van der Waals surface area contributed by atoms with E-state index in [0.29, 0.717) is 17.7 Å². The fraction of sp³-hybridized carbons (Fsp3) is 0.455. The van der Waals surface area contributed by atoms with E-state index in [9.17, 15) is 8.42 Å². The number of halogens is 3. The summed E-state index contributed by atoms with van der Waals surface area (Å²) < 4.78 is 33.1. The number of benzene rings is 1. The molecule has 8 heteroatoms. The molecule has 4 nitrogen and oxygen atoms in total. The van der Waals surface area contributed by atoms with Gasteiger partial charge in [0.2, 0.25) is 10.0 Å². The molecule has 1 aromatic rings. The maximum Gasteiger partial charge on any atom is 0.243 e. The van der Waals surface area contributed by atoms with Crippen molar-refractivity contribution in [1.29, 1.82) is 0 Å². The van der Waals surface area contributed by atoms with Crippen LogP contribution in [0.2, 0.25) is 10.0 Å². The molecule has 1 N–H and O–H groups in total. The quantitative estimate of drug-likeness (QED) is 0.864. The number of ether oxygens (including phenoxy) is 1. The Balaban J connectivity index is 2.29. The van der Waals surface area contributed by atoms with Crippen LogP contribution < -0.4 is 4.72 Å². The molecular weight excluding hydrogens is 377 g/mol. The summed E-state index contributed by atoms with van der Waals surface area (Å²) in [6.45, 7) is 1.03. The Kier molecular flexibility index (Phi) is 5.14.